The monoisotopic (exact) mass is 472 g/mol. The summed E-state index contributed by atoms with van der Waals surface area (Å²) in [7, 11) is -3.60. The van der Waals surface area contributed by atoms with E-state index in [9.17, 15) is 8.42 Å². The van der Waals surface area contributed by atoms with Crippen LogP contribution < -0.4 is 4.31 Å². The van der Waals surface area contributed by atoms with Gasteiger partial charge in [0.2, 0.25) is 0 Å². The second kappa shape index (κ2) is 8.38. The maximum absolute atomic E-state index is 13.2. The highest BCUT2D eigenvalue weighted by atomic mass is 32.2. The summed E-state index contributed by atoms with van der Waals surface area (Å²) in [5.74, 6) is 0. The third-order valence-electron chi connectivity index (χ3n) is 5.59. The fourth-order valence-corrected chi connectivity index (χ4v) is 7.63. The lowest BCUT2D eigenvalue weighted by Crippen LogP contribution is -2.30. The Labute approximate surface area is 190 Å². The van der Waals surface area contributed by atoms with E-state index in [1.165, 1.54) is 33.4 Å². The molecule has 0 radical (unpaired) electrons. The van der Waals surface area contributed by atoms with E-state index in [0.29, 0.717) is 16.4 Å². The van der Waals surface area contributed by atoms with E-state index >= 15 is 0 Å². The molecule has 0 saturated carbocycles. The van der Waals surface area contributed by atoms with Gasteiger partial charge in [0.05, 0.1) is 16.9 Å². The minimum absolute atomic E-state index is 0.351. The molecule has 5 rings (SSSR count). The van der Waals surface area contributed by atoms with Crippen LogP contribution in [0.15, 0.2) is 52.2 Å². The zero-order chi connectivity index (χ0) is 21.4. The third kappa shape index (κ3) is 3.91. The topological polar surface area (TPSA) is 69.3 Å². The fourth-order valence-electron chi connectivity index (χ4n) is 4.12. The van der Waals surface area contributed by atoms with Crippen LogP contribution in [-0.2, 0) is 16.6 Å². The van der Waals surface area contributed by atoms with Crippen LogP contribution in [0.2, 0.25) is 0 Å². The van der Waals surface area contributed by atoms with E-state index in [0.717, 1.165) is 41.2 Å². The molecule has 1 saturated heterocycles. The highest BCUT2D eigenvalue weighted by molar-refractivity contribution is 7.94. The molecule has 1 N–H and O–H groups in total. The molecule has 0 aliphatic carbocycles. The molecule has 31 heavy (non-hydrogen) atoms. The van der Waals surface area contributed by atoms with Crippen LogP contribution in [-0.4, -0.2) is 42.9 Å². The van der Waals surface area contributed by atoms with Crippen molar-refractivity contribution in [3.63, 3.8) is 0 Å². The van der Waals surface area contributed by atoms with E-state index < -0.39 is 10.0 Å². The summed E-state index contributed by atoms with van der Waals surface area (Å²) in [6.45, 7) is 5.49. The quantitative estimate of drug-likeness (QED) is 0.403. The molecule has 4 aromatic rings. The van der Waals surface area contributed by atoms with Crippen molar-refractivity contribution < 1.29 is 8.42 Å². The smallest absolute Gasteiger partial charge is 0.273 e. The number of H-pyrrole nitrogens is 1. The van der Waals surface area contributed by atoms with Gasteiger partial charge in [-0.1, -0.05) is 18.2 Å². The average Bonchev–Trinajstić information content (AvgIpc) is 3.54. The Kier molecular flexibility index (Phi) is 5.60. The molecular formula is C22H24N4O2S3. The Hall–Kier alpha value is -2.20. The molecular weight excluding hydrogens is 448 g/mol. The van der Waals surface area contributed by atoms with E-state index in [1.807, 2.05) is 31.3 Å². The Morgan fingerprint density at radius 3 is 2.77 bits per heavy atom. The number of benzene rings is 1. The average molecular weight is 473 g/mol. The van der Waals surface area contributed by atoms with Crippen molar-refractivity contribution in [3.8, 4) is 10.7 Å². The molecule has 6 nitrogen and oxygen atoms in total. The number of likely N-dealkylation sites (tertiary alicyclic amines) is 1. The molecule has 9 heteroatoms. The van der Waals surface area contributed by atoms with Crippen LogP contribution in [0.5, 0.6) is 0 Å². The number of para-hydroxylation sites is 1. The number of thiazole rings is 1. The lowest BCUT2D eigenvalue weighted by atomic mass is 10.2. The number of aromatic amines is 1. The number of hydrogen-bond acceptors (Lipinski definition) is 6. The number of fused-ring (bicyclic) bond motifs is 1. The van der Waals surface area contributed by atoms with E-state index in [4.69, 9.17) is 0 Å². The van der Waals surface area contributed by atoms with Crippen LogP contribution in [0.4, 0.5) is 5.69 Å². The third-order valence-corrected chi connectivity index (χ3v) is 9.87. The van der Waals surface area contributed by atoms with Crippen molar-refractivity contribution >= 4 is 49.3 Å². The summed E-state index contributed by atoms with van der Waals surface area (Å²) in [5.41, 5.74) is 2.40. The summed E-state index contributed by atoms with van der Waals surface area (Å²) in [6.07, 6.45) is 4.52. The first-order chi connectivity index (χ1) is 15.1. The van der Waals surface area contributed by atoms with E-state index in [2.05, 4.69) is 20.9 Å². The van der Waals surface area contributed by atoms with Crippen molar-refractivity contribution in [2.24, 2.45) is 0 Å². The van der Waals surface area contributed by atoms with Gasteiger partial charge in [0.15, 0.2) is 0 Å². The molecule has 0 spiro atoms. The van der Waals surface area contributed by atoms with Gasteiger partial charge >= 0.3 is 0 Å². The van der Waals surface area contributed by atoms with E-state index in [-0.39, 0.29) is 0 Å². The van der Waals surface area contributed by atoms with Crippen molar-refractivity contribution in [2.75, 3.05) is 23.9 Å². The SMILES string of the molecule is CCN(c1cccc2cc(-c3ncc(CN4CCCC4)s3)[nH]c12)S(=O)(=O)c1cccs1. The minimum Gasteiger partial charge on any atom is -0.351 e. The van der Waals surface area contributed by atoms with Crippen LogP contribution >= 0.6 is 22.7 Å². The lowest BCUT2D eigenvalue weighted by Gasteiger charge is -2.22. The Bertz CT molecular complexity index is 1290. The Morgan fingerprint density at radius 1 is 1.19 bits per heavy atom. The number of anilines is 1. The largest absolute Gasteiger partial charge is 0.351 e. The fraction of sp³-hybridized carbons (Fsp3) is 0.318. The molecule has 0 unspecified atom stereocenters. The number of nitrogens with zero attached hydrogens (tertiary/aromatic N) is 3. The minimum atomic E-state index is -3.60. The summed E-state index contributed by atoms with van der Waals surface area (Å²) >= 11 is 2.94. The number of rotatable bonds is 7. The van der Waals surface area contributed by atoms with Gasteiger partial charge in [0.1, 0.15) is 9.22 Å². The van der Waals surface area contributed by atoms with Crippen LogP contribution in [0.1, 0.15) is 24.6 Å². The number of thiophene rings is 1. The van der Waals surface area contributed by atoms with Gasteiger partial charge in [-0.25, -0.2) is 13.4 Å². The second-order valence-corrected chi connectivity index (χ2v) is 11.8. The van der Waals surface area contributed by atoms with Crippen LogP contribution in [0, 0.1) is 0 Å². The molecule has 1 aliphatic rings. The summed E-state index contributed by atoms with van der Waals surface area (Å²) < 4.78 is 28.3. The van der Waals surface area contributed by atoms with Crippen molar-refractivity contribution in [1.82, 2.24) is 14.9 Å². The van der Waals surface area contributed by atoms with Gasteiger partial charge < -0.3 is 4.98 Å². The lowest BCUT2D eigenvalue weighted by molar-refractivity contribution is 0.334. The van der Waals surface area contributed by atoms with Crippen molar-refractivity contribution in [3.05, 3.63) is 52.9 Å². The molecule has 0 atom stereocenters. The normalized spacial score (nSPS) is 15.1. The van der Waals surface area contributed by atoms with Crippen LogP contribution in [0.3, 0.4) is 0 Å². The summed E-state index contributed by atoms with van der Waals surface area (Å²) in [4.78, 5) is 11.8. The number of hydrogen-bond donors (Lipinski definition) is 1. The molecule has 0 bridgehead atoms. The van der Waals surface area contributed by atoms with Gasteiger partial charge in [-0.3, -0.25) is 9.21 Å². The molecule has 3 aromatic heterocycles. The number of aromatic nitrogens is 2. The van der Waals surface area contributed by atoms with Gasteiger partial charge in [-0.15, -0.1) is 22.7 Å². The van der Waals surface area contributed by atoms with Crippen LogP contribution in [0.25, 0.3) is 21.6 Å². The van der Waals surface area contributed by atoms with Gasteiger partial charge in [0, 0.05) is 29.5 Å². The van der Waals surface area contributed by atoms with Crippen molar-refractivity contribution in [2.45, 2.75) is 30.5 Å². The number of sulfonamides is 1. The zero-order valence-corrected chi connectivity index (χ0v) is 19.7. The predicted molar refractivity (Wildman–Crippen MR) is 128 cm³/mol. The van der Waals surface area contributed by atoms with Gasteiger partial charge in [-0.05, 0) is 56.4 Å². The maximum Gasteiger partial charge on any atom is 0.273 e. The molecule has 162 valence electrons. The summed E-state index contributed by atoms with van der Waals surface area (Å²) in [5, 5.41) is 3.69. The Balaban J connectivity index is 1.50. The van der Waals surface area contributed by atoms with E-state index in [1.54, 1.807) is 28.8 Å². The Morgan fingerprint density at radius 2 is 2.03 bits per heavy atom. The number of nitrogens with one attached hydrogen (secondary N) is 1. The molecule has 1 aliphatic heterocycles. The molecule has 1 aromatic carbocycles. The predicted octanol–water partition coefficient (Wildman–Crippen LogP) is 5.16. The second-order valence-electron chi connectivity index (χ2n) is 7.64. The molecule has 0 amide bonds. The molecule has 4 heterocycles. The van der Waals surface area contributed by atoms with Gasteiger partial charge in [-0.2, -0.15) is 0 Å². The highest BCUT2D eigenvalue weighted by Crippen LogP contribution is 2.35. The van der Waals surface area contributed by atoms with Crippen molar-refractivity contribution in [1.29, 1.82) is 0 Å². The zero-order valence-electron chi connectivity index (χ0n) is 17.2. The molecule has 1 fully saturated rings. The first-order valence-corrected chi connectivity index (χ1v) is 13.6. The van der Waals surface area contributed by atoms with Gasteiger partial charge in [0.25, 0.3) is 10.0 Å². The highest BCUT2D eigenvalue weighted by Gasteiger charge is 2.26. The maximum atomic E-state index is 13.2. The standard InChI is InChI=1S/C22H24N4O2S3/c1-2-26(31(27,28)20-9-6-12-29-20)19-8-5-7-16-13-18(24-21(16)19)22-23-14-17(30-22)15-25-10-3-4-11-25/h5-9,12-14,24H,2-4,10-11,15H2,1H3. The summed E-state index contributed by atoms with van der Waals surface area (Å²) in [6, 6.07) is 11.2. The first-order valence-electron chi connectivity index (χ1n) is 10.4. The first kappa shape index (κ1) is 20.7.